The molecule has 0 bridgehead atoms. The molecule has 0 radical (unpaired) electrons. The molecule has 3 heterocycles. The van der Waals surface area contributed by atoms with Crippen LogP contribution >= 0.6 is 22.9 Å². The smallest absolute Gasteiger partial charge is 0.264 e. The van der Waals surface area contributed by atoms with Crippen molar-refractivity contribution in [3.63, 3.8) is 0 Å². The lowest BCUT2D eigenvalue weighted by Gasteiger charge is -2.27. The molecule has 6 rings (SSSR count). The Balaban J connectivity index is 1.34. The first-order chi connectivity index (χ1) is 18.2. The molecule has 1 aliphatic heterocycles. The van der Waals surface area contributed by atoms with Crippen LogP contribution in [0.2, 0.25) is 5.02 Å². The van der Waals surface area contributed by atoms with Gasteiger partial charge in [0.25, 0.3) is 5.56 Å². The van der Waals surface area contributed by atoms with Gasteiger partial charge in [0, 0.05) is 35.6 Å². The number of aromatic nitrogens is 2. The number of nitrogens with one attached hydrogen (secondary N) is 1. The van der Waals surface area contributed by atoms with Crippen LogP contribution in [0.5, 0.6) is 0 Å². The van der Waals surface area contributed by atoms with Crippen LogP contribution in [0.4, 0.5) is 5.95 Å². The molecule has 2 aromatic carbocycles. The van der Waals surface area contributed by atoms with E-state index >= 15 is 0 Å². The van der Waals surface area contributed by atoms with Crippen molar-refractivity contribution < 1.29 is 0 Å². The first-order valence-corrected chi connectivity index (χ1v) is 14.2. The highest BCUT2D eigenvalue weighted by atomic mass is 35.5. The lowest BCUT2D eigenvalue weighted by molar-refractivity contribution is 0.249. The van der Waals surface area contributed by atoms with Gasteiger partial charge in [0.05, 0.1) is 11.6 Å². The number of thiophene rings is 1. The van der Waals surface area contributed by atoms with Gasteiger partial charge in [-0.15, -0.1) is 11.3 Å². The number of hydrogen-bond acceptors (Lipinski definition) is 6. The van der Waals surface area contributed by atoms with Gasteiger partial charge in [-0.05, 0) is 48.1 Å². The van der Waals surface area contributed by atoms with Gasteiger partial charge in [0.1, 0.15) is 4.83 Å². The molecule has 4 aromatic rings. The summed E-state index contributed by atoms with van der Waals surface area (Å²) in [5, 5.41) is 5.95. The van der Waals surface area contributed by atoms with Gasteiger partial charge in [0.15, 0.2) is 0 Å². The maximum Gasteiger partial charge on any atom is 0.264 e. The Morgan fingerprint density at radius 1 is 1.08 bits per heavy atom. The van der Waals surface area contributed by atoms with Gasteiger partial charge in [-0.25, -0.2) is 10.4 Å². The number of halogens is 1. The van der Waals surface area contributed by atoms with Gasteiger partial charge < -0.3 is 0 Å². The van der Waals surface area contributed by atoms with Crippen molar-refractivity contribution in [2.24, 2.45) is 5.10 Å². The molecule has 0 atom stereocenters. The van der Waals surface area contributed by atoms with Crippen molar-refractivity contribution in [2.75, 3.05) is 12.0 Å². The Kier molecular flexibility index (Phi) is 7.09. The van der Waals surface area contributed by atoms with Crippen LogP contribution in [-0.2, 0) is 19.5 Å². The molecule has 1 aliphatic carbocycles. The van der Waals surface area contributed by atoms with E-state index in [0.29, 0.717) is 11.0 Å². The summed E-state index contributed by atoms with van der Waals surface area (Å²) >= 11 is 7.66. The molecule has 190 valence electrons. The summed E-state index contributed by atoms with van der Waals surface area (Å²) in [6.45, 7) is 2.72. The Hall–Kier alpha value is -3.00. The highest BCUT2D eigenvalue weighted by Gasteiger charge is 2.28. The van der Waals surface area contributed by atoms with Crippen LogP contribution in [0.3, 0.4) is 0 Å². The third-order valence-corrected chi connectivity index (χ3v) is 8.79. The Labute approximate surface area is 225 Å². The molecule has 8 heteroatoms. The summed E-state index contributed by atoms with van der Waals surface area (Å²) in [6.07, 6.45) is 8.12. The van der Waals surface area contributed by atoms with E-state index in [-0.39, 0.29) is 11.6 Å². The monoisotopic (exact) mass is 531 g/mol. The van der Waals surface area contributed by atoms with E-state index in [0.717, 1.165) is 67.5 Å². The summed E-state index contributed by atoms with van der Waals surface area (Å²) in [4.78, 5) is 23.6. The van der Waals surface area contributed by atoms with E-state index in [1.165, 1.54) is 22.4 Å². The Bertz CT molecular complexity index is 1470. The summed E-state index contributed by atoms with van der Waals surface area (Å²) < 4.78 is 1.89. The average Bonchev–Trinajstić information content (AvgIpc) is 3.29. The highest BCUT2D eigenvalue weighted by Crippen LogP contribution is 2.36. The molecule has 2 aliphatic rings. The van der Waals surface area contributed by atoms with Crippen LogP contribution in [0.15, 0.2) is 64.5 Å². The summed E-state index contributed by atoms with van der Waals surface area (Å²) in [5.74, 6) is 0.536. The molecular formula is C29H30ClN5OS. The lowest BCUT2D eigenvalue weighted by atomic mass is 9.95. The number of rotatable bonds is 6. The van der Waals surface area contributed by atoms with Crippen molar-refractivity contribution in [3.8, 4) is 0 Å². The fraction of sp³-hybridized carbons (Fsp3) is 0.345. The van der Waals surface area contributed by atoms with Crippen LogP contribution < -0.4 is 11.0 Å². The number of hydrogen-bond donors (Lipinski definition) is 1. The fourth-order valence-electron chi connectivity index (χ4n) is 5.55. The van der Waals surface area contributed by atoms with Crippen LogP contribution in [0.1, 0.15) is 59.7 Å². The van der Waals surface area contributed by atoms with Gasteiger partial charge in [0.2, 0.25) is 5.95 Å². The predicted molar refractivity (Wildman–Crippen MR) is 153 cm³/mol. The van der Waals surface area contributed by atoms with Crippen LogP contribution in [0.25, 0.3) is 10.2 Å². The number of anilines is 1. The summed E-state index contributed by atoms with van der Waals surface area (Å²) in [7, 11) is 0. The third kappa shape index (κ3) is 5.21. The van der Waals surface area contributed by atoms with Crippen molar-refractivity contribution >= 4 is 45.3 Å². The molecule has 0 unspecified atom stereocenters. The normalized spacial score (nSPS) is 16.9. The fourth-order valence-corrected chi connectivity index (χ4v) is 6.93. The van der Waals surface area contributed by atoms with E-state index in [1.54, 1.807) is 17.6 Å². The standard InChI is InChI=1S/C29H30ClN5OS/c30-22-13-11-20(12-14-22)17-31-33-29-32-27-26(28(36)35(29)23-9-5-2-6-10-23)24-15-16-34(19-25(24)37-27)18-21-7-3-1-4-8-21/h1,3-4,7-8,11-14,17,23H,2,5-6,9-10,15-16,18-19H2,(H,32,33)/b31-17-. The Morgan fingerprint density at radius 2 is 1.86 bits per heavy atom. The second kappa shape index (κ2) is 10.8. The van der Waals surface area contributed by atoms with E-state index in [1.807, 2.05) is 28.8 Å². The first kappa shape index (κ1) is 24.3. The molecule has 0 spiro atoms. The largest absolute Gasteiger partial charge is 0.294 e. The topological polar surface area (TPSA) is 62.5 Å². The molecule has 0 saturated heterocycles. The lowest BCUT2D eigenvalue weighted by Crippen LogP contribution is -2.31. The molecule has 1 fully saturated rings. The zero-order valence-corrected chi connectivity index (χ0v) is 22.3. The van der Waals surface area contributed by atoms with E-state index in [4.69, 9.17) is 16.6 Å². The van der Waals surface area contributed by atoms with Crippen LogP contribution in [-0.4, -0.2) is 27.2 Å². The van der Waals surface area contributed by atoms with Gasteiger partial charge in [-0.3, -0.25) is 14.3 Å². The number of nitrogens with zero attached hydrogens (tertiary/aromatic N) is 4. The average molecular weight is 532 g/mol. The molecule has 1 N–H and O–H groups in total. The van der Waals surface area contributed by atoms with Gasteiger partial charge in [-0.2, -0.15) is 5.10 Å². The molecule has 0 amide bonds. The highest BCUT2D eigenvalue weighted by molar-refractivity contribution is 7.18. The quantitative estimate of drug-likeness (QED) is 0.224. The zero-order chi connectivity index (χ0) is 25.2. The minimum atomic E-state index is 0.0788. The molecule has 6 nitrogen and oxygen atoms in total. The minimum absolute atomic E-state index is 0.0788. The molecule has 37 heavy (non-hydrogen) atoms. The predicted octanol–water partition coefficient (Wildman–Crippen LogP) is 6.62. The second-order valence-electron chi connectivity index (χ2n) is 9.95. The van der Waals surface area contributed by atoms with Crippen LogP contribution in [0, 0.1) is 0 Å². The summed E-state index contributed by atoms with van der Waals surface area (Å²) in [6, 6.07) is 18.2. The van der Waals surface area contributed by atoms with Crippen molar-refractivity contribution in [1.82, 2.24) is 14.5 Å². The maximum absolute atomic E-state index is 14.0. The minimum Gasteiger partial charge on any atom is -0.294 e. The first-order valence-electron chi connectivity index (χ1n) is 13.0. The van der Waals surface area contributed by atoms with Gasteiger partial charge in [-0.1, -0.05) is 73.3 Å². The van der Waals surface area contributed by atoms with E-state index in [9.17, 15) is 4.79 Å². The number of fused-ring (bicyclic) bond motifs is 3. The maximum atomic E-state index is 14.0. The van der Waals surface area contributed by atoms with Gasteiger partial charge >= 0.3 is 0 Å². The van der Waals surface area contributed by atoms with Crippen molar-refractivity contribution in [1.29, 1.82) is 0 Å². The number of hydrazone groups is 1. The summed E-state index contributed by atoms with van der Waals surface area (Å²) in [5.41, 5.74) is 6.63. The second-order valence-corrected chi connectivity index (χ2v) is 11.5. The third-order valence-electron chi connectivity index (χ3n) is 7.42. The Morgan fingerprint density at radius 3 is 2.65 bits per heavy atom. The molecular weight excluding hydrogens is 502 g/mol. The van der Waals surface area contributed by atoms with Crippen molar-refractivity contribution in [3.05, 3.63) is 91.5 Å². The van der Waals surface area contributed by atoms with Crippen molar-refractivity contribution in [2.45, 2.75) is 57.7 Å². The zero-order valence-electron chi connectivity index (χ0n) is 20.7. The number of benzene rings is 2. The SMILES string of the molecule is O=c1c2c3c(sc2nc(N/N=C\c2ccc(Cl)cc2)n1C1CCCCC1)CN(Cc1ccccc1)CC3. The van der Waals surface area contributed by atoms with E-state index in [2.05, 4.69) is 45.8 Å². The molecule has 2 aromatic heterocycles. The molecule has 1 saturated carbocycles. The van der Waals surface area contributed by atoms with E-state index < -0.39 is 0 Å².